The normalized spacial score (nSPS) is 41.2. The molecule has 2 saturated carbocycles. The Hall–Kier alpha value is -0.748. The van der Waals surface area contributed by atoms with Crippen molar-refractivity contribution in [3.05, 3.63) is 40.5 Å². The first-order chi connectivity index (χ1) is 19.4. The van der Waals surface area contributed by atoms with Gasteiger partial charge in [-0.15, -0.1) is 11.3 Å². The standard InChI is InChI=1S/C30H38O11S.Ac/c1-13-16(41-26(36)21(33)14(2)17-8-7-9-42-17)11-30(38)25(40-15(3)31)23-28(6,18(32)10-19-29(23,37)12-39-19)24(35)22(34)20(13)27(30,4)5;/h2,7-9,14,16,18-19,21-23,25,32-34,37-38H,10-12H2,1,3-6H3;/t14-,16-,18-,19+,21+,22+,23-,25-,28+,29-,30+;/m0./s1. The fourth-order valence-electron chi connectivity index (χ4n) is 7.79. The van der Waals surface area contributed by atoms with Gasteiger partial charge < -0.3 is 39.7 Å². The molecule has 11 nitrogen and oxygen atoms in total. The summed E-state index contributed by atoms with van der Waals surface area (Å²) in [6.07, 6.45) is -9.37. The molecule has 3 fully saturated rings. The Morgan fingerprint density at radius 3 is 2.37 bits per heavy atom. The van der Waals surface area contributed by atoms with E-state index in [0.29, 0.717) is 4.88 Å². The quantitative estimate of drug-likeness (QED) is 0.208. The van der Waals surface area contributed by atoms with Gasteiger partial charge in [0.05, 0.1) is 24.2 Å². The summed E-state index contributed by atoms with van der Waals surface area (Å²) >= 11 is 1.25. The third-order valence-corrected chi connectivity index (χ3v) is 11.4. The van der Waals surface area contributed by atoms with Crippen molar-refractivity contribution in [2.45, 2.75) is 101 Å². The second-order valence-corrected chi connectivity index (χ2v) is 13.8. The van der Waals surface area contributed by atoms with Crippen LogP contribution in [0.3, 0.4) is 0 Å². The Bertz CT molecular complexity index is 1310. The molecule has 233 valence electrons. The van der Waals surface area contributed by atoms with Crippen molar-refractivity contribution in [3.63, 3.8) is 0 Å². The van der Waals surface area contributed by atoms with Gasteiger partial charge in [-0.3, -0.25) is 9.59 Å². The first-order valence-corrected chi connectivity index (χ1v) is 14.8. The molecular formula is C30H38AcO11S. The molecule has 1 aromatic heterocycles. The average molecular weight is 834 g/mol. The second-order valence-electron chi connectivity index (χ2n) is 12.9. The van der Waals surface area contributed by atoms with Gasteiger partial charge >= 0.3 is 11.9 Å². The molecule has 1 aromatic rings. The number of hydrogen-bond donors (Lipinski definition) is 5. The zero-order chi connectivity index (χ0) is 31.2. The van der Waals surface area contributed by atoms with E-state index < -0.39 is 88.2 Å². The number of ketones is 1. The van der Waals surface area contributed by atoms with Crippen LogP contribution in [0, 0.1) is 67.7 Å². The third-order valence-electron chi connectivity index (χ3n) is 10.4. The zero-order valence-electron chi connectivity index (χ0n) is 24.7. The van der Waals surface area contributed by atoms with Crippen molar-refractivity contribution in [1.82, 2.24) is 0 Å². The molecule has 11 atom stereocenters. The van der Waals surface area contributed by atoms with Gasteiger partial charge in [0.2, 0.25) is 0 Å². The van der Waals surface area contributed by atoms with Crippen LogP contribution in [0.4, 0.5) is 0 Å². The summed E-state index contributed by atoms with van der Waals surface area (Å²) in [5.74, 6) is -5.25. The van der Waals surface area contributed by atoms with E-state index in [-0.39, 0.29) is 74.7 Å². The third kappa shape index (κ3) is 5.04. The van der Waals surface area contributed by atoms with Gasteiger partial charge in [0, 0.05) is 86.0 Å². The Balaban J connectivity index is 0.00000423. The molecular weight excluding hydrogens is 795 g/mol. The number of aliphatic hydroxyl groups excluding tert-OH is 3. The van der Waals surface area contributed by atoms with E-state index in [9.17, 15) is 39.9 Å². The maximum absolute atomic E-state index is 14.2. The Morgan fingerprint density at radius 1 is 1.19 bits per heavy atom. The summed E-state index contributed by atoms with van der Waals surface area (Å²) in [4.78, 5) is 40.5. The topological polar surface area (TPSA) is 180 Å². The van der Waals surface area contributed by atoms with Crippen LogP contribution in [0.5, 0.6) is 0 Å². The largest absolute Gasteiger partial charge is 0.459 e. The number of Topliss-reactive ketones (excluding diaryl/α,β-unsaturated/α-hetero) is 1. The second kappa shape index (κ2) is 11.8. The Labute approximate surface area is 290 Å². The van der Waals surface area contributed by atoms with Crippen LogP contribution < -0.4 is 0 Å². The van der Waals surface area contributed by atoms with Crippen LogP contribution in [-0.4, -0.2) is 97.7 Å². The minimum absolute atomic E-state index is 0. The van der Waals surface area contributed by atoms with Crippen LogP contribution in [0.25, 0.3) is 0 Å². The summed E-state index contributed by atoms with van der Waals surface area (Å²) in [5.41, 5.74) is -7.00. The number of carbonyl (C=O) groups is 3. The maximum atomic E-state index is 14.2. The van der Waals surface area contributed by atoms with Gasteiger partial charge in [0.25, 0.3) is 0 Å². The minimum atomic E-state index is -2.15. The first kappa shape index (κ1) is 35.1. The fourth-order valence-corrected chi connectivity index (χ4v) is 8.55. The molecule has 1 aliphatic heterocycles. The number of rotatable bonds is 5. The molecule has 2 heterocycles. The molecule has 1 saturated heterocycles. The molecule has 0 amide bonds. The summed E-state index contributed by atoms with van der Waals surface area (Å²) < 4.78 is 17.0. The number of thiophene rings is 1. The summed E-state index contributed by atoms with van der Waals surface area (Å²) in [7, 11) is 0. The minimum Gasteiger partial charge on any atom is -0.459 e. The number of fused-ring (bicyclic) bond motifs is 5. The molecule has 0 unspecified atom stereocenters. The molecule has 43 heavy (non-hydrogen) atoms. The zero-order valence-corrected chi connectivity index (χ0v) is 30.3. The van der Waals surface area contributed by atoms with E-state index in [2.05, 4.69) is 0 Å². The molecule has 2 bridgehead atoms. The van der Waals surface area contributed by atoms with Gasteiger partial charge in [-0.05, 0) is 43.4 Å². The molecule has 3 radical (unpaired) electrons. The van der Waals surface area contributed by atoms with Crippen molar-refractivity contribution >= 4 is 29.1 Å². The molecule has 3 aliphatic carbocycles. The number of carbonyl (C=O) groups excluding carboxylic acids is 3. The first-order valence-electron chi connectivity index (χ1n) is 14.0. The van der Waals surface area contributed by atoms with Gasteiger partial charge in [0.1, 0.15) is 29.5 Å². The van der Waals surface area contributed by atoms with E-state index in [1.807, 2.05) is 0 Å². The fraction of sp³-hybridized carbons (Fsp3) is 0.667. The molecule has 4 aliphatic rings. The van der Waals surface area contributed by atoms with Crippen molar-refractivity contribution < 1.29 is 98.2 Å². The number of esters is 2. The molecule has 5 rings (SSSR count). The van der Waals surface area contributed by atoms with Crippen molar-refractivity contribution in [2.24, 2.45) is 16.7 Å². The predicted molar refractivity (Wildman–Crippen MR) is 147 cm³/mol. The van der Waals surface area contributed by atoms with E-state index in [1.165, 1.54) is 18.3 Å². The number of hydrogen-bond acceptors (Lipinski definition) is 12. The van der Waals surface area contributed by atoms with E-state index in [1.54, 1.807) is 38.3 Å². The SMILES string of the molecule is [Ac].[CH][C@@H](c1cccs1)[C@@H](O)C(=O)O[C@H]1C[C@@]2(O)[C@@H](OC(C)=O)[C@@H]3[C@]4(O)CO[C@@H]4C[C@H](O)[C@@]3(C)C(=O)[C@H](O)C(=C1C)C2(C)C. The predicted octanol–water partition coefficient (Wildman–Crippen LogP) is 0.685. The van der Waals surface area contributed by atoms with E-state index in [4.69, 9.17) is 21.1 Å². The van der Waals surface area contributed by atoms with Gasteiger partial charge in [0.15, 0.2) is 11.9 Å². The van der Waals surface area contributed by atoms with Crippen molar-refractivity contribution in [3.8, 4) is 0 Å². The van der Waals surface area contributed by atoms with Gasteiger partial charge in [-0.2, -0.15) is 0 Å². The molecule has 0 aromatic carbocycles. The van der Waals surface area contributed by atoms with E-state index >= 15 is 0 Å². The van der Waals surface area contributed by atoms with Gasteiger partial charge in [-0.25, -0.2) is 4.79 Å². The number of ether oxygens (including phenoxy) is 3. The van der Waals surface area contributed by atoms with Crippen LogP contribution >= 0.6 is 11.3 Å². The van der Waals surface area contributed by atoms with Crippen molar-refractivity contribution in [1.29, 1.82) is 0 Å². The molecule has 13 heteroatoms. The smallest absolute Gasteiger partial charge is 0.336 e. The average Bonchev–Trinajstić information content (AvgIpc) is 3.45. The maximum Gasteiger partial charge on any atom is 0.336 e. The van der Waals surface area contributed by atoms with Crippen LogP contribution in [0.15, 0.2) is 28.7 Å². The van der Waals surface area contributed by atoms with Crippen LogP contribution in [0.2, 0.25) is 0 Å². The van der Waals surface area contributed by atoms with Crippen LogP contribution in [-0.2, 0) is 28.6 Å². The molecule has 5 N–H and O–H groups in total. The Morgan fingerprint density at radius 2 is 1.84 bits per heavy atom. The summed E-state index contributed by atoms with van der Waals surface area (Å²) in [6, 6.07) is 3.38. The Kier molecular flexibility index (Phi) is 9.64. The van der Waals surface area contributed by atoms with Crippen LogP contribution in [0.1, 0.15) is 58.3 Å². The van der Waals surface area contributed by atoms with Crippen molar-refractivity contribution in [2.75, 3.05) is 6.61 Å². The van der Waals surface area contributed by atoms with Gasteiger partial charge in [-0.1, -0.05) is 19.9 Å². The summed E-state index contributed by atoms with van der Waals surface area (Å²) in [6.45, 7) is 13.0. The van der Waals surface area contributed by atoms with E-state index in [0.717, 1.165) is 6.92 Å². The monoisotopic (exact) mass is 833 g/mol. The number of aliphatic hydroxyl groups is 5. The summed E-state index contributed by atoms with van der Waals surface area (Å²) in [5, 5.41) is 60.0. The molecule has 0 spiro atoms.